The minimum absolute atomic E-state index is 0.190. The van der Waals surface area contributed by atoms with Gasteiger partial charge in [0, 0.05) is 31.0 Å². The summed E-state index contributed by atoms with van der Waals surface area (Å²) in [6.45, 7) is 1.06. The summed E-state index contributed by atoms with van der Waals surface area (Å²) < 4.78 is 42.3. The molecule has 1 saturated carbocycles. The molecule has 3 aliphatic rings. The van der Waals surface area contributed by atoms with Crippen LogP contribution in [0.1, 0.15) is 60.2 Å². The number of fused-ring (bicyclic) bond motifs is 2. The molecule has 2 aromatic rings. The molecule has 2 heterocycles. The predicted octanol–water partition coefficient (Wildman–Crippen LogP) is 4.74. The summed E-state index contributed by atoms with van der Waals surface area (Å²) in [5, 5.41) is 4.04. The van der Waals surface area contributed by atoms with Crippen molar-refractivity contribution in [2.75, 3.05) is 13.6 Å². The number of hydrogen-bond donors (Lipinski definition) is 0. The molecule has 1 fully saturated rings. The fraction of sp³-hybridized carbons (Fsp3) is 0.583. The number of nitrogens with zero attached hydrogens (tertiary/aromatic N) is 3. The number of likely N-dealkylation sites (N-methyl/N-ethyl adjacent to an activating group) is 1. The maximum atomic E-state index is 13.6. The van der Waals surface area contributed by atoms with E-state index in [9.17, 15) is 18.0 Å². The van der Waals surface area contributed by atoms with Crippen molar-refractivity contribution in [3.63, 3.8) is 0 Å². The van der Waals surface area contributed by atoms with Crippen LogP contribution < -0.4 is 0 Å². The third-order valence-corrected chi connectivity index (χ3v) is 7.27. The number of alkyl halides is 3. The van der Waals surface area contributed by atoms with Crippen molar-refractivity contribution in [2.45, 2.75) is 64.1 Å². The van der Waals surface area contributed by atoms with Gasteiger partial charge in [-0.1, -0.05) is 12.5 Å². The van der Waals surface area contributed by atoms with Crippen molar-refractivity contribution in [3.05, 3.63) is 46.3 Å². The van der Waals surface area contributed by atoms with Gasteiger partial charge in [0.2, 0.25) is 0 Å². The number of carbonyl (C=O) groups excluding carboxylic acids is 1. The summed E-state index contributed by atoms with van der Waals surface area (Å²) in [6.07, 6.45) is 2.58. The van der Waals surface area contributed by atoms with Gasteiger partial charge in [-0.05, 0) is 74.8 Å². The molecular formula is C24H28F3N3O. The van der Waals surface area contributed by atoms with Gasteiger partial charge in [-0.15, -0.1) is 0 Å². The monoisotopic (exact) mass is 431 g/mol. The second-order valence-corrected chi connectivity index (χ2v) is 9.54. The van der Waals surface area contributed by atoms with Crippen LogP contribution in [0, 0.1) is 11.8 Å². The lowest BCUT2D eigenvalue weighted by Crippen LogP contribution is -2.28. The summed E-state index contributed by atoms with van der Waals surface area (Å²) in [7, 11) is 1.92. The fourth-order valence-electron chi connectivity index (χ4n) is 5.69. The van der Waals surface area contributed by atoms with E-state index in [1.165, 1.54) is 15.8 Å². The lowest BCUT2D eigenvalue weighted by Gasteiger charge is -2.24. The summed E-state index contributed by atoms with van der Waals surface area (Å²) in [5.41, 5.74) is 3.38. The minimum atomic E-state index is -4.44. The molecule has 7 heteroatoms. The van der Waals surface area contributed by atoms with Crippen molar-refractivity contribution >= 4 is 5.78 Å². The minimum Gasteiger partial charge on any atom is -0.300 e. The molecule has 0 saturated heterocycles. The van der Waals surface area contributed by atoms with Crippen LogP contribution in [0.15, 0.2) is 18.2 Å². The van der Waals surface area contributed by atoms with Gasteiger partial charge in [-0.3, -0.25) is 4.79 Å². The number of ketones is 1. The van der Waals surface area contributed by atoms with E-state index in [-0.39, 0.29) is 5.92 Å². The van der Waals surface area contributed by atoms with Gasteiger partial charge < -0.3 is 4.90 Å². The van der Waals surface area contributed by atoms with Gasteiger partial charge in [0.1, 0.15) is 5.78 Å². The molecule has 166 valence electrons. The molecule has 5 rings (SSSR count). The van der Waals surface area contributed by atoms with Crippen LogP contribution >= 0.6 is 0 Å². The zero-order chi connectivity index (χ0) is 21.8. The average molecular weight is 432 g/mol. The zero-order valence-electron chi connectivity index (χ0n) is 17.8. The number of hydrogen-bond acceptors (Lipinski definition) is 3. The third-order valence-electron chi connectivity index (χ3n) is 7.27. The highest BCUT2D eigenvalue weighted by Crippen LogP contribution is 2.38. The Balaban J connectivity index is 1.42. The molecule has 1 unspecified atom stereocenters. The highest BCUT2D eigenvalue weighted by atomic mass is 19.4. The number of benzene rings is 1. The van der Waals surface area contributed by atoms with E-state index >= 15 is 0 Å². The SMILES string of the molecule is CN1CCc2c(C(F)(F)F)nn(-c3ccc4c(c3)C[C@H](CC3CCCCC3=O)C4)c2C1. The van der Waals surface area contributed by atoms with E-state index in [0.717, 1.165) is 44.9 Å². The molecular weight excluding hydrogens is 403 g/mol. The normalized spacial score (nSPS) is 24.3. The number of Topliss-reactive ketones (excluding diaryl/α,β-unsaturated/α-hetero) is 1. The van der Waals surface area contributed by atoms with Gasteiger partial charge >= 0.3 is 6.18 Å². The largest absolute Gasteiger partial charge is 0.435 e. The summed E-state index contributed by atoms with van der Waals surface area (Å²) in [6, 6.07) is 5.95. The molecule has 0 N–H and O–H groups in total. The fourth-order valence-corrected chi connectivity index (χ4v) is 5.69. The van der Waals surface area contributed by atoms with Crippen LogP contribution in [0.5, 0.6) is 0 Å². The molecule has 1 aromatic heterocycles. The van der Waals surface area contributed by atoms with E-state index < -0.39 is 11.9 Å². The topological polar surface area (TPSA) is 38.1 Å². The molecule has 4 nitrogen and oxygen atoms in total. The van der Waals surface area contributed by atoms with E-state index in [4.69, 9.17) is 0 Å². The lowest BCUT2D eigenvalue weighted by molar-refractivity contribution is -0.142. The number of halogens is 3. The first-order valence-electron chi connectivity index (χ1n) is 11.3. The maximum Gasteiger partial charge on any atom is 0.435 e. The summed E-state index contributed by atoms with van der Waals surface area (Å²) in [5.74, 6) is 1.05. The first kappa shape index (κ1) is 20.7. The Morgan fingerprint density at radius 1 is 1.13 bits per heavy atom. The van der Waals surface area contributed by atoms with Crippen molar-refractivity contribution < 1.29 is 18.0 Å². The van der Waals surface area contributed by atoms with Crippen LogP contribution in [-0.4, -0.2) is 34.1 Å². The molecule has 0 spiro atoms. The van der Waals surface area contributed by atoms with E-state index in [0.29, 0.717) is 48.2 Å². The quantitative estimate of drug-likeness (QED) is 0.704. The Kier molecular flexibility index (Phi) is 5.19. The van der Waals surface area contributed by atoms with Crippen molar-refractivity contribution in [1.29, 1.82) is 0 Å². The third kappa shape index (κ3) is 3.93. The molecule has 1 aliphatic heterocycles. The van der Waals surface area contributed by atoms with Crippen LogP contribution in [0.3, 0.4) is 0 Å². The standard InChI is InChI=1S/C24H28F3N3O/c1-29-9-8-20-21(14-29)30(28-23(20)24(25,26)27)19-7-6-16-10-15(12-18(16)13-19)11-17-4-2-3-5-22(17)31/h6-7,13,15,17H,2-5,8-12,14H2,1H3/t15-,17?/m0/s1. The molecule has 0 radical (unpaired) electrons. The van der Waals surface area contributed by atoms with Crippen LogP contribution in [0.25, 0.3) is 5.69 Å². The van der Waals surface area contributed by atoms with Crippen LogP contribution in [0.2, 0.25) is 0 Å². The molecule has 2 atom stereocenters. The predicted molar refractivity (Wildman–Crippen MR) is 111 cm³/mol. The molecule has 1 aromatic carbocycles. The van der Waals surface area contributed by atoms with E-state index in [2.05, 4.69) is 5.10 Å². The second-order valence-electron chi connectivity index (χ2n) is 9.54. The lowest BCUT2D eigenvalue weighted by atomic mass is 9.81. The first-order chi connectivity index (χ1) is 14.8. The smallest absolute Gasteiger partial charge is 0.300 e. The van der Waals surface area contributed by atoms with Gasteiger partial charge in [0.25, 0.3) is 0 Å². The van der Waals surface area contributed by atoms with E-state index in [1.54, 1.807) is 0 Å². The Morgan fingerprint density at radius 3 is 2.71 bits per heavy atom. The first-order valence-corrected chi connectivity index (χ1v) is 11.3. The highest BCUT2D eigenvalue weighted by molar-refractivity contribution is 5.81. The Hall–Kier alpha value is -2.15. The Bertz CT molecular complexity index is 1010. The zero-order valence-corrected chi connectivity index (χ0v) is 17.8. The number of carbonyl (C=O) groups is 1. The van der Waals surface area contributed by atoms with Crippen molar-refractivity contribution in [2.24, 2.45) is 11.8 Å². The van der Waals surface area contributed by atoms with Crippen LogP contribution in [-0.2, 0) is 36.8 Å². The van der Waals surface area contributed by atoms with Gasteiger partial charge in [-0.2, -0.15) is 18.3 Å². The van der Waals surface area contributed by atoms with E-state index in [1.807, 2.05) is 30.1 Å². The number of rotatable bonds is 3. The van der Waals surface area contributed by atoms with Crippen molar-refractivity contribution in [3.8, 4) is 5.69 Å². The Labute approximate surface area is 180 Å². The molecule has 31 heavy (non-hydrogen) atoms. The van der Waals surface area contributed by atoms with Crippen molar-refractivity contribution in [1.82, 2.24) is 14.7 Å². The highest BCUT2D eigenvalue weighted by Gasteiger charge is 2.40. The number of aromatic nitrogens is 2. The molecule has 0 bridgehead atoms. The second kappa shape index (κ2) is 7.76. The summed E-state index contributed by atoms with van der Waals surface area (Å²) in [4.78, 5) is 14.3. The van der Waals surface area contributed by atoms with Gasteiger partial charge in [0.05, 0.1) is 11.4 Å². The average Bonchev–Trinajstić information content (AvgIpc) is 3.29. The Morgan fingerprint density at radius 2 is 1.94 bits per heavy atom. The van der Waals surface area contributed by atoms with Gasteiger partial charge in [-0.25, -0.2) is 4.68 Å². The van der Waals surface area contributed by atoms with Gasteiger partial charge in [0.15, 0.2) is 5.69 Å². The molecule has 0 amide bonds. The maximum absolute atomic E-state index is 13.6. The van der Waals surface area contributed by atoms with Crippen LogP contribution in [0.4, 0.5) is 13.2 Å². The molecule has 2 aliphatic carbocycles. The summed E-state index contributed by atoms with van der Waals surface area (Å²) >= 11 is 0.